The van der Waals surface area contributed by atoms with Gasteiger partial charge >= 0.3 is 0 Å². The van der Waals surface area contributed by atoms with Crippen molar-refractivity contribution in [3.8, 4) is 0 Å². The minimum absolute atomic E-state index is 0.0418. The molecule has 1 spiro atoms. The molecule has 1 N–H and O–H groups in total. The third-order valence-corrected chi connectivity index (χ3v) is 3.04. The van der Waals surface area contributed by atoms with Crippen LogP contribution in [0.2, 0.25) is 0 Å². The molecule has 1 aliphatic carbocycles. The highest BCUT2D eigenvalue weighted by Gasteiger charge is 2.51. The van der Waals surface area contributed by atoms with E-state index >= 15 is 0 Å². The first kappa shape index (κ1) is 7.13. The average molecular weight is 173 g/mol. The standard InChI is InChI=1S/C11H11NO/c1-7-2-3-9-8(6-7)10(13)12-11(9)4-5-11/h2-3,6H,4-5H2,1H3,(H,12,13). The van der Waals surface area contributed by atoms with Crippen molar-refractivity contribution in [2.24, 2.45) is 0 Å². The van der Waals surface area contributed by atoms with Gasteiger partial charge in [0.2, 0.25) is 0 Å². The number of hydrogen-bond acceptors (Lipinski definition) is 1. The summed E-state index contributed by atoms with van der Waals surface area (Å²) in [5, 5.41) is 3.06. The SMILES string of the molecule is Cc1ccc2c(c1)C(=O)NC21CC1. The summed E-state index contributed by atoms with van der Waals surface area (Å²) in [6.07, 6.45) is 2.21. The molecule has 0 unspecified atom stereocenters. The fourth-order valence-corrected chi connectivity index (χ4v) is 2.13. The Morgan fingerprint density at radius 3 is 2.85 bits per heavy atom. The predicted molar refractivity (Wildman–Crippen MR) is 49.6 cm³/mol. The van der Waals surface area contributed by atoms with Crippen LogP contribution in [0.5, 0.6) is 0 Å². The fourth-order valence-electron chi connectivity index (χ4n) is 2.13. The van der Waals surface area contributed by atoms with Crippen molar-refractivity contribution in [2.75, 3.05) is 0 Å². The maximum absolute atomic E-state index is 11.6. The maximum atomic E-state index is 11.6. The number of carbonyl (C=O) groups excluding carboxylic acids is 1. The Balaban J connectivity index is 2.25. The molecule has 0 bridgehead atoms. The zero-order chi connectivity index (χ0) is 9.05. The van der Waals surface area contributed by atoms with Crippen LogP contribution in [0.3, 0.4) is 0 Å². The lowest BCUT2D eigenvalue weighted by molar-refractivity contribution is 0.0952. The van der Waals surface area contributed by atoms with Crippen molar-refractivity contribution in [1.82, 2.24) is 5.32 Å². The summed E-state index contributed by atoms with van der Waals surface area (Å²) in [6, 6.07) is 6.16. The summed E-state index contributed by atoms with van der Waals surface area (Å²) in [7, 11) is 0. The normalized spacial score (nSPS) is 21.5. The third-order valence-electron chi connectivity index (χ3n) is 3.04. The molecule has 2 heteroatoms. The molecule has 2 aliphatic rings. The molecule has 66 valence electrons. The van der Waals surface area contributed by atoms with Gasteiger partial charge in [0, 0.05) is 5.56 Å². The van der Waals surface area contributed by atoms with Crippen LogP contribution < -0.4 is 5.32 Å². The van der Waals surface area contributed by atoms with Crippen molar-refractivity contribution < 1.29 is 4.79 Å². The van der Waals surface area contributed by atoms with E-state index in [4.69, 9.17) is 0 Å². The minimum atomic E-state index is 0.0418. The number of carbonyl (C=O) groups is 1. The minimum Gasteiger partial charge on any atom is -0.342 e. The molecule has 1 fully saturated rings. The number of benzene rings is 1. The van der Waals surface area contributed by atoms with Crippen LogP contribution in [-0.2, 0) is 5.54 Å². The molecule has 2 nitrogen and oxygen atoms in total. The lowest BCUT2D eigenvalue weighted by Crippen LogP contribution is -2.25. The maximum Gasteiger partial charge on any atom is 0.252 e. The van der Waals surface area contributed by atoms with Gasteiger partial charge in [0.1, 0.15) is 0 Å². The second-order valence-electron chi connectivity index (χ2n) is 4.09. The number of amides is 1. The van der Waals surface area contributed by atoms with Gasteiger partial charge in [0.05, 0.1) is 5.54 Å². The lowest BCUT2D eigenvalue weighted by Gasteiger charge is -2.06. The zero-order valence-corrected chi connectivity index (χ0v) is 7.55. The number of nitrogens with one attached hydrogen (secondary N) is 1. The first-order valence-electron chi connectivity index (χ1n) is 4.65. The quantitative estimate of drug-likeness (QED) is 0.636. The molecule has 0 saturated heterocycles. The highest BCUT2D eigenvalue weighted by atomic mass is 16.2. The van der Waals surface area contributed by atoms with Crippen LogP contribution in [-0.4, -0.2) is 5.91 Å². The first-order chi connectivity index (χ1) is 6.21. The lowest BCUT2D eigenvalue weighted by atomic mass is 10.0. The molecular formula is C11H11NO. The van der Waals surface area contributed by atoms with Gasteiger partial charge in [-0.2, -0.15) is 0 Å². The van der Waals surface area contributed by atoms with Gasteiger partial charge in [-0.05, 0) is 31.4 Å². The van der Waals surface area contributed by atoms with Crippen LogP contribution in [0.25, 0.3) is 0 Å². The summed E-state index contributed by atoms with van der Waals surface area (Å²) < 4.78 is 0. The summed E-state index contributed by atoms with van der Waals surface area (Å²) in [5.74, 6) is 0.108. The Morgan fingerprint density at radius 1 is 1.38 bits per heavy atom. The highest BCUT2D eigenvalue weighted by Crippen LogP contribution is 2.50. The Bertz CT molecular complexity index is 405. The number of fused-ring (bicyclic) bond motifs is 2. The van der Waals surface area contributed by atoms with Crippen LogP contribution >= 0.6 is 0 Å². The number of aryl methyl sites for hydroxylation is 1. The molecule has 1 amide bonds. The number of rotatable bonds is 0. The number of hydrogen-bond donors (Lipinski definition) is 1. The summed E-state index contributed by atoms with van der Waals surface area (Å²) in [4.78, 5) is 11.6. The molecule has 0 radical (unpaired) electrons. The molecule has 13 heavy (non-hydrogen) atoms. The zero-order valence-electron chi connectivity index (χ0n) is 7.55. The van der Waals surface area contributed by atoms with Crippen molar-refractivity contribution in [2.45, 2.75) is 25.3 Å². The average Bonchev–Trinajstić information content (AvgIpc) is 2.79. The van der Waals surface area contributed by atoms with Crippen LogP contribution in [0, 0.1) is 6.92 Å². The van der Waals surface area contributed by atoms with Crippen molar-refractivity contribution in [3.05, 3.63) is 34.9 Å². The second-order valence-corrected chi connectivity index (χ2v) is 4.09. The largest absolute Gasteiger partial charge is 0.342 e. The molecule has 1 aromatic carbocycles. The van der Waals surface area contributed by atoms with Crippen molar-refractivity contribution in [1.29, 1.82) is 0 Å². The molecular weight excluding hydrogens is 162 g/mol. The van der Waals surface area contributed by atoms with Gasteiger partial charge in [-0.3, -0.25) is 4.79 Å². The molecule has 1 aliphatic heterocycles. The van der Waals surface area contributed by atoms with Crippen molar-refractivity contribution in [3.63, 3.8) is 0 Å². The van der Waals surface area contributed by atoms with Gasteiger partial charge in [-0.1, -0.05) is 17.7 Å². The summed E-state index contributed by atoms with van der Waals surface area (Å²) in [6.45, 7) is 2.02. The van der Waals surface area contributed by atoms with Gasteiger partial charge in [-0.15, -0.1) is 0 Å². The van der Waals surface area contributed by atoms with E-state index in [9.17, 15) is 4.79 Å². The van der Waals surface area contributed by atoms with E-state index in [-0.39, 0.29) is 11.4 Å². The molecule has 1 aromatic rings. The van der Waals surface area contributed by atoms with E-state index in [0.29, 0.717) is 0 Å². The van der Waals surface area contributed by atoms with Gasteiger partial charge < -0.3 is 5.32 Å². The first-order valence-corrected chi connectivity index (χ1v) is 4.65. The molecule has 0 atom stereocenters. The van der Waals surface area contributed by atoms with E-state index in [2.05, 4.69) is 17.4 Å². The van der Waals surface area contributed by atoms with E-state index in [0.717, 1.165) is 24.0 Å². The van der Waals surface area contributed by atoms with Gasteiger partial charge in [-0.25, -0.2) is 0 Å². The monoisotopic (exact) mass is 173 g/mol. The Morgan fingerprint density at radius 2 is 2.15 bits per heavy atom. The molecule has 0 aromatic heterocycles. The Labute approximate surface area is 77.0 Å². The highest BCUT2D eigenvalue weighted by molar-refractivity contribution is 6.00. The topological polar surface area (TPSA) is 29.1 Å². The Hall–Kier alpha value is -1.31. The van der Waals surface area contributed by atoms with Gasteiger partial charge in [0.15, 0.2) is 0 Å². The van der Waals surface area contributed by atoms with E-state index in [1.165, 1.54) is 5.56 Å². The molecule has 1 saturated carbocycles. The Kier molecular flexibility index (Phi) is 1.07. The molecule has 1 heterocycles. The second kappa shape index (κ2) is 1.95. The fraction of sp³-hybridized carbons (Fsp3) is 0.364. The van der Waals surface area contributed by atoms with Crippen molar-refractivity contribution >= 4 is 5.91 Å². The van der Waals surface area contributed by atoms with E-state index < -0.39 is 0 Å². The third kappa shape index (κ3) is 0.804. The van der Waals surface area contributed by atoms with Crippen LogP contribution in [0.4, 0.5) is 0 Å². The van der Waals surface area contributed by atoms with Gasteiger partial charge in [0.25, 0.3) is 5.91 Å². The van der Waals surface area contributed by atoms with Crippen LogP contribution in [0.15, 0.2) is 18.2 Å². The van der Waals surface area contributed by atoms with E-state index in [1.54, 1.807) is 0 Å². The predicted octanol–water partition coefficient (Wildman–Crippen LogP) is 1.73. The van der Waals surface area contributed by atoms with E-state index in [1.807, 2.05) is 13.0 Å². The summed E-state index contributed by atoms with van der Waals surface area (Å²) in [5.41, 5.74) is 3.30. The molecule has 3 rings (SSSR count). The smallest absolute Gasteiger partial charge is 0.252 e. The van der Waals surface area contributed by atoms with Crippen LogP contribution in [0.1, 0.15) is 34.3 Å². The summed E-state index contributed by atoms with van der Waals surface area (Å²) >= 11 is 0.